The molecule has 2 aromatic rings. The van der Waals surface area contributed by atoms with Gasteiger partial charge >= 0.3 is 6.18 Å². The summed E-state index contributed by atoms with van der Waals surface area (Å²) in [6.07, 6.45) is -3.33. The maximum atomic E-state index is 12.1. The minimum atomic E-state index is -4.54. The van der Waals surface area contributed by atoms with Gasteiger partial charge in [-0.15, -0.1) is 0 Å². The van der Waals surface area contributed by atoms with Crippen LogP contribution in [0.2, 0.25) is 0 Å². The average molecular weight is 302 g/mol. The first-order valence-electron chi connectivity index (χ1n) is 5.88. The predicted octanol–water partition coefficient (Wildman–Crippen LogP) is 3.03. The lowest BCUT2D eigenvalue weighted by atomic mass is 10.2. The molecule has 0 aliphatic carbocycles. The summed E-state index contributed by atoms with van der Waals surface area (Å²) >= 11 is 1.05. The second kappa shape index (κ2) is 6.32. The Morgan fingerprint density at radius 3 is 2.50 bits per heavy atom. The van der Waals surface area contributed by atoms with Gasteiger partial charge in [-0.2, -0.15) is 30.0 Å². The van der Waals surface area contributed by atoms with E-state index in [0.717, 1.165) is 23.0 Å². The fourth-order valence-electron chi connectivity index (χ4n) is 1.55. The number of alkyl halides is 3. The molecule has 1 heterocycles. The topological polar surface area (TPSA) is 38.0 Å². The summed E-state index contributed by atoms with van der Waals surface area (Å²) in [5.74, 6) is 0.0664. The van der Waals surface area contributed by atoms with Gasteiger partial charge < -0.3 is 5.11 Å². The number of aliphatic hydroxyl groups excluding tert-OH is 1. The standard InChI is InChI=1S/C13H13F3N2OS/c14-13(15,16)12(19)9-20-8-10-2-4-11(5-3-10)18-7-1-6-17-18/h1-7,12,19H,8-9H2/t12-/m0/s1. The first-order valence-corrected chi connectivity index (χ1v) is 7.04. The molecule has 0 saturated carbocycles. The zero-order chi connectivity index (χ0) is 14.6. The first-order chi connectivity index (χ1) is 9.47. The van der Waals surface area contributed by atoms with E-state index in [0.29, 0.717) is 5.75 Å². The number of hydrogen-bond donors (Lipinski definition) is 1. The van der Waals surface area contributed by atoms with Crippen molar-refractivity contribution in [2.45, 2.75) is 18.0 Å². The van der Waals surface area contributed by atoms with Gasteiger partial charge in [0.05, 0.1) is 5.69 Å². The van der Waals surface area contributed by atoms with Gasteiger partial charge in [0, 0.05) is 23.9 Å². The fourth-order valence-corrected chi connectivity index (χ4v) is 2.51. The van der Waals surface area contributed by atoms with E-state index in [4.69, 9.17) is 5.11 Å². The van der Waals surface area contributed by atoms with Crippen molar-refractivity contribution < 1.29 is 18.3 Å². The van der Waals surface area contributed by atoms with Crippen molar-refractivity contribution in [3.05, 3.63) is 48.3 Å². The van der Waals surface area contributed by atoms with Crippen molar-refractivity contribution in [1.82, 2.24) is 9.78 Å². The van der Waals surface area contributed by atoms with Gasteiger partial charge in [0.25, 0.3) is 0 Å². The van der Waals surface area contributed by atoms with Crippen LogP contribution in [-0.2, 0) is 5.75 Å². The van der Waals surface area contributed by atoms with Gasteiger partial charge in [0.2, 0.25) is 0 Å². The third-order valence-electron chi connectivity index (χ3n) is 2.63. The molecule has 7 heteroatoms. The molecule has 0 amide bonds. The van der Waals surface area contributed by atoms with E-state index < -0.39 is 12.3 Å². The van der Waals surface area contributed by atoms with E-state index in [2.05, 4.69) is 5.10 Å². The van der Waals surface area contributed by atoms with Crippen molar-refractivity contribution in [3.63, 3.8) is 0 Å². The molecule has 0 aliphatic rings. The van der Waals surface area contributed by atoms with E-state index in [1.807, 2.05) is 36.5 Å². The SMILES string of the molecule is O[C@@H](CSCc1ccc(-n2cccn2)cc1)C(F)(F)F. The number of benzene rings is 1. The number of aromatic nitrogens is 2. The van der Waals surface area contributed by atoms with Crippen LogP contribution in [0, 0.1) is 0 Å². The highest BCUT2D eigenvalue weighted by atomic mass is 32.2. The predicted molar refractivity (Wildman–Crippen MR) is 71.8 cm³/mol. The average Bonchev–Trinajstić information content (AvgIpc) is 2.92. The Balaban J connectivity index is 1.86. The summed E-state index contributed by atoms with van der Waals surface area (Å²) in [4.78, 5) is 0. The lowest BCUT2D eigenvalue weighted by molar-refractivity contribution is -0.195. The largest absolute Gasteiger partial charge is 0.415 e. The van der Waals surface area contributed by atoms with Gasteiger partial charge in [0.1, 0.15) is 0 Å². The molecule has 3 nitrogen and oxygen atoms in total. The molecule has 1 atom stereocenters. The molecule has 0 bridgehead atoms. The van der Waals surface area contributed by atoms with Gasteiger partial charge in [-0.1, -0.05) is 12.1 Å². The third-order valence-corrected chi connectivity index (χ3v) is 3.72. The molecule has 0 fully saturated rings. The van der Waals surface area contributed by atoms with E-state index in [-0.39, 0.29) is 5.75 Å². The number of rotatable bonds is 5. The van der Waals surface area contributed by atoms with Crippen molar-refractivity contribution in [3.8, 4) is 5.69 Å². The van der Waals surface area contributed by atoms with Gasteiger partial charge in [0.15, 0.2) is 6.10 Å². The van der Waals surface area contributed by atoms with Crippen molar-refractivity contribution in [2.24, 2.45) is 0 Å². The Kier molecular flexibility index (Phi) is 4.72. The number of nitrogens with zero attached hydrogens (tertiary/aromatic N) is 2. The molecule has 0 radical (unpaired) electrons. The maximum Gasteiger partial charge on any atom is 0.415 e. The van der Waals surface area contributed by atoms with Crippen LogP contribution in [0.1, 0.15) is 5.56 Å². The van der Waals surface area contributed by atoms with E-state index in [1.165, 1.54) is 0 Å². The quantitative estimate of drug-likeness (QED) is 0.922. The van der Waals surface area contributed by atoms with Crippen LogP contribution in [0.3, 0.4) is 0 Å². The molecular weight excluding hydrogens is 289 g/mol. The number of hydrogen-bond acceptors (Lipinski definition) is 3. The minimum absolute atomic E-state index is 0.357. The first kappa shape index (κ1) is 14.9. The zero-order valence-electron chi connectivity index (χ0n) is 10.4. The van der Waals surface area contributed by atoms with Gasteiger partial charge in [-0.3, -0.25) is 0 Å². The van der Waals surface area contributed by atoms with Crippen LogP contribution in [0.5, 0.6) is 0 Å². The molecule has 108 valence electrons. The Bertz CT molecular complexity index is 526. The molecule has 2 rings (SSSR count). The normalized spacial score (nSPS) is 13.4. The summed E-state index contributed by atoms with van der Waals surface area (Å²) in [7, 11) is 0. The molecular formula is C13H13F3N2OS. The second-order valence-electron chi connectivity index (χ2n) is 4.19. The summed E-state index contributed by atoms with van der Waals surface area (Å²) in [6.45, 7) is 0. The molecule has 0 unspecified atom stereocenters. The Morgan fingerprint density at radius 1 is 1.25 bits per heavy atom. The van der Waals surface area contributed by atoms with Crippen LogP contribution in [0.4, 0.5) is 13.2 Å². The number of thioether (sulfide) groups is 1. The van der Waals surface area contributed by atoms with Crippen LogP contribution < -0.4 is 0 Å². The lowest BCUT2D eigenvalue weighted by Gasteiger charge is -2.13. The summed E-state index contributed by atoms with van der Waals surface area (Å²) < 4.78 is 38.0. The number of halogens is 3. The molecule has 0 spiro atoms. The molecule has 1 aromatic heterocycles. The summed E-state index contributed by atoms with van der Waals surface area (Å²) in [5.41, 5.74) is 1.79. The van der Waals surface area contributed by atoms with Crippen LogP contribution >= 0.6 is 11.8 Å². The monoisotopic (exact) mass is 302 g/mol. The van der Waals surface area contributed by atoms with Crippen LogP contribution in [0.25, 0.3) is 5.69 Å². The highest BCUT2D eigenvalue weighted by Gasteiger charge is 2.37. The Hall–Kier alpha value is -1.47. The van der Waals surface area contributed by atoms with E-state index in [9.17, 15) is 13.2 Å². The summed E-state index contributed by atoms with van der Waals surface area (Å²) in [5, 5.41) is 13.0. The lowest BCUT2D eigenvalue weighted by Crippen LogP contribution is -2.30. The molecule has 20 heavy (non-hydrogen) atoms. The Morgan fingerprint density at radius 2 is 1.95 bits per heavy atom. The zero-order valence-corrected chi connectivity index (χ0v) is 11.2. The second-order valence-corrected chi connectivity index (χ2v) is 5.22. The Labute approximate surface area is 118 Å². The smallest absolute Gasteiger partial charge is 0.383 e. The summed E-state index contributed by atoms with van der Waals surface area (Å²) in [6, 6.07) is 9.18. The van der Waals surface area contributed by atoms with E-state index in [1.54, 1.807) is 10.9 Å². The fraction of sp³-hybridized carbons (Fsp3) is 0.308. The number of aliphatic hydroxyl groups is 1. The van der Waals surface area contributed by atoms with Crippen molar-refractivity contribution in [1.29, 1.82) is 0 Å². The molecule has 1 N–H and O–H groups in total. The molecule has 0 saturated heterocycles. The minimum Gasteiger partial charge on any atom is -0.383 e. The van der Waals surface area contributed by atoms with Gasteiger partial charge in [-0.25, -0.2) is 4.68 Å². The van der Waals surface area contributed by atoms with E-state index >= 15 is 0 Å². The highest BCUT2D eigenvalue weighted by molar-refractivity contribution is 7.98. The maximum absolute atomic E-state index is 12.1. The third kappa shape index (κ3) is 4.01. The van der Waals surface area contributed by atoms with Crippen LogP contribution in [0.15, 0.2) is 42.7 Å². The highest BCUT2D eigenvalue weighted by Crippen LogP contribution is 2.24. The van der Waals surface area contributed by atoms with Crippen LogP contribution in [-0.4, -0.2) is 32.9 Å². The van der Waals surface area contributed by atoms with Gasteiger partial charge in [-0.05, 0) is 23.8 Å². The van der Waals surface area contributed by atoms with Crippen molar-refractivity contribution in [2.75, 3.05) is 5.75 Å². The molecule has 0 aliphatic heterocycles. The molecule has 1 aromatic carbocycles. The van der Waals surface area contributed by atoms with Crippen molar-refractivity contribution >= 4 is 11.8 Å².